The smallest absolute Gasteiger partial charge is 0.262 e. The fourth-order valence-corrected chi connectivity index (χ4v) is 1.55. The molecular weight excluding hydrogens is 244 g/mol. The van der Waals surface area contributed by atoms with Crippen molar-refractivity contribution in [2.24, 2.45) is 0 Å². The fourth-order valence-electron chi connectivity index (χ4n) is 1.55. The van der Waals surface area contributed by atoms with Crippen LogP contribution in [-0.2, 0) is 11.3 Å². The lowest BCUT2D eigenvalue weighted by Gasteiger charge is -2.06. The van der Waals surface area contributed by atoms with Crippen LogP contribution in [0.5, 0.6) is 5.75 Å². The van der Waals surface area contributed by atoms with E-state index in [1.807, 2.05) is 6.92 Å². The maximum atomic E-state index is 11.7. The van der Waals surface area contributed by atoms with E-state index in [-0.39, 0.29) is 12.5 Å². The molecule has 2 aromatic rings. The number of carbonyl (C=O) groups excluding carboxylic acids is 1. The van der Waals surface area contributed by atoms with Crippen molar-refractivity contribution in [3.8, 4) is 5.75 Å². The highest BCUT2D eigenvalue weighted by Gasteiger charge is 2.05. The molecule has 2 rings (SSSR count). The summed E-state index contributed by atoms with van der Waals surface area (Å²) in [5, 5.41) is 6.77. The van der Waals surface area contributed by atoms with E-state index in [0.29, 0.717) is 17.1 Å². The average molecular weight is 260 g/mol. The minimum Gasteiger partial charge on any atom is -0.484 e. The Balaban J connectivity index is 1.84. The van der Waals surface area contributed by atoms with Gasteiger partial charge in [-0.25, -0.2) is 0 Å². The van der Waals surface area contributed by atoms with Gasteiger partial charge in [-0.05, 0) is 19.1 Å². The van der Waals surface area contributed by atoms with E-state index in [1.54, 1.807) is 41.3 Å². The predicted octanol–water partition coefficient (Wildman–Crippen LogP) is 1.50. The van der Waals surface area contributed by atoms with Crippen LogP contribution in [0, 0.1) is 0 Å². The largest absolute Gasteiger partial charge is 0.484 e. The normalized spacial score (nSPS) is 10.2. The molecule has 0 unspecified atom stereocenters. The molecule has 1 amide bonds. The molecule has 0 fully saturated rings. The molecule has 1 aromatic carbocycles. The molecule has 6 nitrogen and oxygen atoms in total. The monoisotopic (exact) mass is 260 g/mol. The third-order valence-electron chi connectivity index (χ3n) is 2.47. The molecule has 0 aliphatic heterocycles. The molecule has 3 N–H and O–H groups in total. The number of nitrogens with zero attached hydrogens (tertiary/aromatic N) is 2. The van der Waals surface area contributed by atoms with Gasteiger partial charge < -0.3 is 15.8 Å². The number of hydrogen-bond donors (Lipinski definition) is 2. The number of amides is 1. The van der Waals surface area contributed by atoms with Crippen LogP contribution in [-0.4, -0.2) is 22.3 Å². The molecule has 0 saturated carbocycles. The van der Waals surface area contributed by atoms with Gasteiger partial charge in [0.05, 0.1) is 11.9 Å². The second-order valence-corrected chi connectivity index (χ2v) is 3.99. The Bertz CT molecular complexity index is 565. The summed E-state index contributed by atoms with van der Waals surface area (Å²) in [6.07, 6.45) is 3.36. The predicted molar refractivity (Wildman–Crippen MR) is 72.9 cm³/mol. The maximum absolute atomic E-state index is 11.7. The van der Waals surface area contributed by atoms with E-state index in [1.165, 1.54) is 0 Å². The number of aryl methyl sites for hydroxylation is 1. The van der Waals surface area contributed by atoms with Crippen LogP contribution in [0.1, 0.15) is 6.92 Å². The zero-order chi connectivity index (χ0) is 13.7. The molecule has 0 radical (unpaired) electrons. The zero-order valence-electron chi connectivity index (χ0n) is 10.7. The minimum absolute atomic E-state index is 0.0687. The number of carbonyl (C=O) groups is 1. The third kappa shape index (κ3) is 3.74. The van der Waals surface area contributed by atoms with Crippen molar-refractivity contribution in [1.82, 2.24) is 9.78 Å². The molecule has 0 spiro atoms. The first-order valence-electron chi connectivity index (χ1n) is 5.98. The highest BCUT2D eigenvalue weighted by atomic mass is 16.5. The lowest BCUT2D eigenvalue weighted by molar-refractivity contribution is -0.118. The molecular formula is C13H16N4O2. The van der Waals surface area contributed by atoms with Gasteiger partial charge in [0.15, 0.2) is 6.61 Å². The molecule has 0 bridgehead atoms. The number of hydrogen-bond acceptors (Lipinski definition) is 4. The molecule has 1 heterocycles. The Morgan fingerprint density at radius 2 is 2.37 bits per heavy atom. The summed E-state index contributed by atoms with van der Waals surface area (Å²) in [4.78, 5) is 11.7. The third-order valence-corrected chi connectivity index (χ3v) is 2.47. The highest BCUT2D eigenvalue weighted by molar-refractivity contribution is 5.91. The van der Waals surface area contributed by atoms with Crippen molar-refractivity contribution in [1.29, 1.82) is 0 Å². The van der Waals surface area contributed by atoms with Crippen LogP contribution in [0.25, 0.3) is 0 Å². The standard InChI is InChI=1S/C13H16N4O2/c1-2-17-8-11(7-15-17)16-13(18)9-19-12-5-3-4-10(14)6-12/h3-8H,2,9,14H2,1H3,(H,16,18). The molecule has 0 aliphatic carbocycles. The van der Waals surface area contributed by atoms with Gasteiger partial charge in [-0.15, -0.1) is 0 Å². The summed E-state index contributed by atoms with van der Waals surface area (Å²) in [7, 11) is 0. The van der Waals surface area contributed by atoms with Crippen molar-refractivity contribution in [2.75, 3.05) is 17.7 Å². The highest BCUT2D eigenvalue weighted by Crippen LogP contribution is 2.14. The van der Waals surface area contributed by atoms with Crippen LogP contribution in [0.4, 0.5) is 11.4 Å². The first-order valence-corrected chi connectivity index (χ1v) is 5.98. The number of nitrogens with two attached hydrogens (primary N) is 1. The Labute approximate surface area is 111 Å². The first kappa shape index (κ1) is 12.9. The molecule has 19 heavy (non-hydrogen) atoms. The molecule has 100 valence electrons. The summed E-state index contributed by atoms with van der Waals surface area (Å²) < 4.78 is 7.07. The fraction of sp³-hybridized carbons (Fsp3) is 0.231. The van der Waals surface area contributed by atoms with Crippen LogP contribution < -0.4 is 15.8 Å². The second kappa shape index (κ2) is 5.90. The molecule has 1 aromatic heterocycles. The van der Waals surface area contributed by atoms with E-state index < -0.39 is 0 Å². The molecule has 0 saturated heterocycles. The van der Waals surface area contributed by atoms with Gasteiger partial charge in [-0.1, -0.05) is 6.07 Å². The van der Waals surface area contributed by atoms with E-state index in [4.69, 9.17) is 10.5 Å². The summed E-state index contributed by atoms with van der Waals surface area (Å²) >= 11 is 0. The quantitative estimate of drug-likeness (QED) is 0.798. The molecule has 6 heteroatoms. The van der Waals surface area contributed by atoms with Crippen LogP contribution in [0.15, 0.2) is 36.7 Å². The number of ether oxygens (including phenoxy) is 1. The molecule has 0 atom stereocenters. The maximum Gasteiger partial charge on any atom is 0.262 e. The summed E-state index contributed by atoms with van der Waals surface area (Å²) in [5.74, 6) is 0.331. The average Bonchev–Trinajstić information content (AvgIpc) is 2.84. The number of nitrogen functional groups attached to an aromatic ring is 1. The van der Waals surface area contributed by atoms with Crippen molar-refractivity contribution < 1.29 is 9.53 Å². The van der Waals surface area contributed by atoms with Crippen LogP contribution in [0.3, 0.4) is 0 Å². The van der Waals surface area contributed by atoms with E-state index >= 15 is 0 Å². The molecule has 0 aliphatic rings. The van der Waals surface area contributed by atoms with Gasteiger partial charge in [0, 0.05) is 24.5 Å². The minimum atomic E-state index is -0.238. The topological polar surface area (TPSA) is 82.2 Å². The number of nitrogens with one attached hydrogen (secondary N) is 1. The van der Waals surface area contributed by atoms with Gasteiger partial charge in [0.2, 0.25) is 0 Å². The lowest BCUT2D eigenvalue weighted by atomic mass is 10.3. The van der Waals surface area contributed by atoms with Crippen molar-refractivity contribution in [3.63, 3.8) is 0 Å². The number of aromatic nitrogens is 2. The summed E-state index contributed by atoms with van der Waals surface area (Å²) in [6, 6.07) is 6.95. The Morgan fingerprint density at radius 1 is 1.53 bits per heavy atom. The van der Waals surface area contributed by atoms with Crippen LogP contribution >= 0.6 is 0 Å². The number of anilines is 2. The van der Waals surface area contributed by atoms with Crippen LogP contribution in [0.2, 0.25) is 0 Å². The van der Waals surface area contributed by atoms with Gasteiger partial charge in [-0.3, -0.25) is 9.48 Å². The van der Waals surface area contributed by atoms with Gasteiger partial charge >= 0.3 is 0 Å². The zero-order valence-corrected chi connectivity index (χ0v) is 10.7. The second-order valence-electron chi connectivity index (χ2n) is 3.99. The summed E-state index contributed by atoms with van der Waals surface area (Å²) in [6.45, 7) is 2.66. The Morgan fingerprint density at radius 3 is 3.05 bits per heavy atom. The van der Waals surface area contributed by atoms with Crippen molar-refractivity contribution >= 4 is 17.3 Å². The SMILES string of the molecule is CCn1cc(NC(=O)COc2cccc(N)c2)cn1. The first-order chi connectivity index (χ1) is 9.17. The summed E-state index contributed by atoms with van der Waals surface area (Å²) in [5.41, 5.74) is 6.87. The van der Waals surface area contributed by atoms with E-state index in [0.717, 1.165) is 6.54 Å². The number of rotatable bonds is 5. The lowest BCUT2D eigenvalue weighted by Crippen LogP contribution is -2.19. The Kier molecular flexibility index (Phi) is 4.02. The Hall–Kier alpha value is -2.50. The van der Waals surface area contributed by atoms with E-state index in [9.17, 15) is 4.79 Å². The van der Waals surface area contributed by atoms with Crippen molar-refractivity contribution in [2.45, 2.75) is 13.5 Å². The van der Waals surface area contributed by atoms with Crippen molar-refractivity contribution in [3.05, 3.63) is 36.7 Å². The number of benzene rings is 1. The van der Waals surface area contributed by atoms with Gasteiger partial charge in [-0.2, -0.15) is 5.10 Å². The van der Waals surface area contributed by atoms with Gasteiger partial charge in [0.25, 0.3) is 5.91 Å². The van der Waals surface area contributed by atoms with Gasteiger partial charge in [0.1, 0.15) is 5.75 Å². The van der Waals surface area contributed by atoms with E-state index in [2.05, 4.69) is 10.4 Å².